The third-order valence-electron chi connectivity index (χ3n) is 4.67. The fourth-order valence-electron chi connectivity index (χ4n) is 3.01. The molecule has 0 bridgehead atoms. The van der Waals surface area contributed by atoms with Gasteiger partial charge in [0.05, 0.1) is 12.6 Å². The number of nitrogens with one attached hydrogen (secondary N) is 2. The minimum atomic E-state index is -0.0893. The van der Waals surface area contributed by atoms with Crippen LogP contribution < -0.4 is 10.6 Å². The average molecular weight is 494 g/mol. The van der Waals surface area contributed by atoms with Gasteiger partial charge < -0.3 is 20.6 Å². The summed E-state index contributed by atoms with van der Waals surface area (Å²) in [5.74, 6) is 0.904. The molecule has 5 nitrogen and oxygen atoms in total. The summed E-state index contributed by atoms with van der Waals surface area (Å²) in [5.41, 5.74) is 0.0607. The largest absolute Gasteiger partial charge is 0.393 e. The fraction of sp³-hybridized carbons (Fsp3) is 0.737. The second kappa shape index (κ2) is 12.2. The van der Waals surface area contributed by atoms with E-state index in [9.17, 15) is 5.11 Å². The highest BCUT2D eigenvalue weighted by Crippen LogP contribution is 2.27. The van der Waals surface area contributed by atoms with E-state index in [2.05, 4.69) is 53.8 Å². The third-order valence-corrected chi connectivity index (χ3v) is 5.90. The van der Waals surface area contributed by atoms with Gasteiger partial charge in [0.1, 0.15) is 0 Å². The molecule has 3 N–H and O–H groups in total. The first-order valence-corrected chi connectivity index (χ1v) is 10.4. The van der Waals surface area contributed by atoms with Crippen LogP contribution in [0, 0.1) is 0 Å². The summed E-state index contributed by atoms with van der Waals surface area (Å²) >= 11 is 1.80. The van der Waals surface area contributed by atoms with Crippen molar-refractivity contribution in [3.05, 3.63) is 22.4 Å². The van der Waals surface area contributed by atoms with Crippen molar-refractivity contribution in [2.24, 2.45) is 4.99 Å². The highest BCUT2D eigenvalue weighted by molar-refractivity contribution is 14.0. The molecule has 0 aromatic carbocycles. The molecule has 2 heterocycles. The van der Waals surface area contributed by atoms with E-state index in [1.165, 1.54) is 4.88 Å². The molecule has 0 saturated carbocycles. The Morgan fingerprint density at radius 3 is 2.69 bits per heavy atom. The van der Waals surface area contributed by atoms with E-state index in [-0.39, 0.29) is 35.5 Å². The van der Waals surface area contributed by atoms with Gasteiger partial charge in [0.2, 0.25) is 0 Å². The molecule has 1 saturated heterocycles. The Morgan fingerprint density at radius 1 is 1.35 bits per heavy atom. The summed E-state index contributed by atoms with van der Waals surface area (Å²) in [4.78, 5) is 8.61. The minimum absolute atomic E-state index is 0. The fourth-order valence-corrected chi connectivity index (χ4v) is 3.86. The van der Waals surface area contributed by atoms with Crippen LogP contribution in [0.25, 0.3) is 0 Å². The highest BCUT2D eigenvalue weighted by Gasteiger charge is 2.21. The SMILES string of the molecule is CCNC(=NCC(C)(C)c1cccs1)NCCCN1CCC(O)CC1.I. The average Bonchev–Trinajstić information content (AvgIpc) is 3.13. The number of guanidine groups is 1. The summed E-state index contributed by atoms with van der Waals surface area (Å²) in [5, 5.41) is 18.5. The Bertz CT molecular complexity index is 514. The molecule has 0 radical (unpaired) electrons. The molecule has 7 heteroatoms. The summed E-state index contributed by atoms with van der Waals surface area (Å²) in [6, 6.07) is 4.30. The number of aliphatic hydroxyl groups is 1. The maximum Gasteiger partial charge on any atom is 0.191 e. The molecule has 2 rings (SSSR count). The van der Waals surface area contributed by atoms with Gasteiger partial charge in [-0.25, -0.2) is 0 Å². The van der Waals surface area contributed by atoms with E-state index in [0.717, 1.165) is 64.5 Å². The number of rotatable bonds is 8. The minimum Gasteiger partial charge on any atom is -0.393 e. The first-order chi connectivity index (χ1) is 12.0. The van der Waals surface area contributed by atoms with Crippen LogP contribution in [-0.2, 0) is 5.41 Å². The molecule has 150 valence electrons. The zero-order valence-corrected chi connectivity index (χ0v) is 19.5. The smallest absolute Gasteiger partial charge is 0.191 e. The Hall–Kier alpha value is -0.380. The topological polar surface area (TPSA) is 59.9 Å². The molecule has 0 amide bonds. The second-order valence-corrected chi connectivity index (χ2v) is 8.36. The van der Waals surface area contributed by atoms with E-state index in [1.54, 1.807) is 11.3 Å². The van der Waals surface area contributed by atoms with Crippen LogP contribution in [0.5, 0.6) is 0 Å². The molecular weight excluding hydrogens is 459 g/mol. The quantitative estimate of drug-likeness (QED) is 0.225. The number of hydrogen-bond donors (Lipinski definition) is 3. The van der Waals surface area contributed by atoms with Crippen LogP contribution in [0.3, 0.4) is 0 Å². The summed E-state index contributed by atoms with van der Waals surface area (Å²) in [7, 11) is 0. The van der Waals surface area contributed by atoms with Crippen LogP contribution in [-0.4, -0.2) is 61.3 Å². The van der Waals surface area contributed by atoms with Gasteiger partial charge in [0.25, 0.3) is 0 Å². The van der Waals surface area contributed by atoms with Crippen LogP contribution in [0.4, 0.5) is 0 Å². The standard InChI is InChI=1S/C19H34N4OS.HI/c1-4-20-18(22-15-19(2,3)17-7-5-14-25-17)21-10-6-11-23-12-8-16(24)9-13-23;/h5,7,14,16,24H,4,6,8-13,15H2,1-3H3,(H2,20,21,22);1H. The van der Waals surface area contributed by atoms with Crippen LogP contribution in [0.2, 0.25) is 0 Å². The number of thiophene rings is 1. The van der Waals surface area contributed by atoms with Crippen molar-refractivity contribution in [3.8, 4) is 0 Å². The number of aliphatic hydroxyl groups excluding tert-OH is 1. The molecule has 0 spiro atoms. The van der Waals surface area contributed by atoms with Crippen molar-refractivity contribution >= 4 is 41.3 Å². The van der Waals surface area contributed by atoms with E-state index in [1.807, 2.05) is 0 Å². The van der Waals surface area contributed by atoms with Crippen molar-refractivity contribution in [1.82, 2.24) is 15.5 Å². The van der Waals surface area contributed by atoms with Gasteiger partial charge in [-0.1, -0.05) is 19.9 Å². The Morgan fingerprint density at radius 2 is 2.08 bits per heavy atom. The molecule has 0 atom stereocenters. The molecule has 1 aromatic heterocycles. The first-order valence-electron chi connectivity index (χ1n) is 9.48. The van der Waals surface area contributed by atoms with Crippen molar-refractivity contribution in [2.75, 3.05) is 39.3 Å². The lowest BCUT2D eigenvalue weighted by atomic mass is 9.92. The number of nitrogens with zero attached hydrogens (tertiary/aromatic N) is 2. The molecule has 1 fully saturated rings. The van der Waals surface area contributed by atoms with Gasteiger partial charge in [0, 0.05) is 36.5 Å². The third kappa shape index (κ3) is 8.10. The number of halogens is 1. The summed E-state index contributed by atoms with van der Waals surface area (Å²) in [6.07, 6.45) is 2.83. The molecule has 0 unspecified atom stereocenters. The summed E-state index contributed by atoms with van der Waals surface area (Å²) < 4.78 is 0. The van der Waals surface area contributed by atoms with Crippen LogP contribution in [0.1, 0.15) is 44.9 Å². The lowest BCUT2D eigenvalue weighted by molar-refractivity contribution is 0.0823. The number of aliphatic imine (C=N–C) groups is 1. The monoisotopic (exact) mass is 494 g/mol. The predicted molar refractivity (Wildman–Crippen MR) is 123 cm³/mol. The maximum atomic E-state index is 9.56. The Labute approximate surface area is 179 Å². The van der Waals surface area contributed by atoms with Gasteiger partial charge in [-0.3, -0.25) is 4.99 Å². The van der Waals surface area contributed by atoms with E-state index < -0.39 is 0 Å². The van der Waals surface area contributed by atoms with Gasteiger partial charge in [-0.05, 0) is 44.2 Å². The zero-order chi connectivity index (χ0) is 18.1. The molecule has 1 aliphatic heterocycles. The normalized spacial score (nSPS) is 17.0. The van der Waals surface area contributed by atoms with Gasteiger partial charge in [-0.15, -0.1) is 35.3 Å². The molecule has 1 aromatic rings. The van der Waals surface area contributed by atoms with Gasteiger partial charge in [-0.2, -0.15) is 0 Å². The highest BCUT2D eigenvalue weighted by atomic mass is 127. The Kier molecular flexibility index (Phi) is 11.1. The lowest BCUT2D eigenvalue weighted by Crippen LogP contribution is -2.41. The maximum absolute atomic E-state index is 9.56. The molecular formula is C19H35IN4OS. The molecule has 0 aliphatic carbocycles. The Balaban J connectivity index is 0.00000338. The van der Waals surface area contributed by atoms with Crippen molar-refractivity contribution in [3.63, 3.8) is 0 Å². The summed E-state index contributed by atoms with van der Waals surface area (Å²) in [6.45, 7) is 12.3. The zero-order valence-electron chi connectivity index (χ0n) is 16.3. The van der Waals surface area contributed by atoms with Crippen molar-refractivity contribution in [1.29, 1.82) is 0 Å². The number of piperidine rings is 1. The van der Waals surface area contributed by atoms with Crippen LogP contribution in [0.15, 0.2) is 22.5 Å². The number of likely N-dealkylation sites (tertiary alicyclic amines) is 1. The number of hydrogen-bond acceptors (Lipinski definition) is 4. The van der Waals surface area contributed by atoms with E-state index >= 15 is 0 Å². The molecule has 26 heavy (non-hydrogen) atoms. The van der Waals surface area contributed by atoms with Gasteiger partial charge >= 0.3 is 0 Å². The van der Waals surface area contributed by atoms with E-state index in [0.29, 0.717) is 0 Å². The van der Waals surface area contributed by atoms with Gasteiger partial charge in [0.15, 0.2) is 5.96 Å². The molecule has 1 aliphatic rings. The van der Waals surface area contributed by atoms with Crippen molar-refractivity contribution in [2.45, 2.75) is 51.6 Å². The van der Waals surface area contributed by atoms with Crippen molar-refractivity contribution < 1.29 is 5.11 Å². The second-order valence-electron chi connectivity index (χ2n) is 7.41. The lowest BCUT2D eigenvalue weighted by Gasteiger charge is -2.29. The predicted octanol–water partition coefficient (Wildman–Crippen LogP) is 3.05. The van der Waals surface area contributed by atoms with E-state index in [4.69, 9.17) is 4.99 Å². The first kappa shape index (κ1) is 23.7. The van der Waals surface area contributed by atoms with Crippen LogP contribution >= 0.6 is 35.3 Å².